The second-order valence-electron chi connectivity index (χ2n) is 6.43. The first-order valence-electron chi connectivity index (χ1n) is 9.37. The minimum absolute atomic E-state index is 0.102. The summed E-state index contributed by atoms with van der Waals surface area (Å²) in [6.07, 6.45) is 12.4. The molecule has 0 aromatic carbocycles. The summed E-state index contributed by atoms with van der Waals surface area (Å²) in [5.41, 5.74) is 1.53. The van der Waals surface area contributed by atoms with Crippen LogP contribution in [0.4, 0.5) is 0 Å². The molecule has 0 spiro atoms. The number of aromatic nitrogens is 2. The van der Waals surface area contributed by atoms with Gasteiger partial charge in [-0.25, -0.2) is 9.78 Å². The van der Waals surface area contributed by atoms with E-state index in [9.17, 15) is 9.59 Å². The Morgan fingerprint density at radius 3 is 2.82 bits per heavy atom. The van der Waals surface area contributed by atoms with E-state index in [1.54, 1.807) is 24.4 Å². The molecule has 0 aliphatic heterocycles. The predicted molar refractivity (Wildman–Crippen MR) is 103 cm³/mol. The van der Waals surface area contributed by atoms with Crippen molar-refractivity contribution in [1.82, 2.24) is 15.3 Å². The second kappa shape index (κ2) is 10.2. The molecule has 0 bridgehead atoms. The maximum absolute atomic E-state index is 12.3. The Labute approximate surface area is 163 Å². The Balaban J connectivity index is 1.48. The predicted octanol–water partition coefficient (Wildman–Crippen LogP) is 3.43. The van der Waals surface area contributed by atoms with Gasteiger partial charge in [-0.2, -0.15) is 0 Å². The van der Waals surface area contributed by atoms with Crippen molar-refractivity contribution in [3.8, 4) is 11.6 Å². The molecule has 2 heterocycles. The van der Waals surface area contributed by atoms with E-state index in [1.165, 1.54) is 36.9 Å². The summed E-state index contributed by atoms with van der Waals surface area (Å²) in [6.45, 7) is 0.198. The smallest absolute Gasteiger partial charge is 0.344 e. The molecule has 1 N–H and O–H groups in total. The normalized spacial score (nSPS) is 13.4. The molecule has 1 aliphatic rings. The molecule has 2 aromatic heterocycles. The zero-order valence-corrected chi connectivity index (χ0v) is 15.6. The summed E-state index contributed by atoms with van der Waals surface area (Å²) >= 11 is 0. The number of nitrogens with one attached hydrogen (secondary N) is 1. The van der Waals surface area contributed by atoms with Gasteiger partial charge in [0.2, 0.25) is 5.88 Å². The summed E-state index contributed by atoms with van der Waals surface area (Å²) < 4.78 is 10.7. The van der Waals surface area contributed by atoms with Gasteiger partial charge < -0.3 is 14.8 Å². The highest BCUT2D eigenvalue weighted by atomic mass is 16.5. The van der Waals surface area contributed by atoms with Gasteiger partial charge in [-0.3, -0.25) is 9.78 Å². The monoisotopic (exact) mass is 381 g/mol. The maximum atomic E-state index is 12.3. The SMILES string of the molecule is O=C(COC(=O)c1cccnc1Oc1cccnc1)NCCC1=CCCCC1. The highest BCUT2D eigenvalue weighted by Crippen LogP contribution is 2.22. The minimum atomic E-state index is -0.669. The number of rotatable bonds is 8. The first-order chi connectivity index (χ1) is 13.7. The van der Waals surface area contributed by atoms with Crippen LogP contribution in [0.15, 0.2) is 54.5 Å². The van der Waals surface area contributed by atoms with Crippen LogP contribution in [0.5, 0.6) is 11.6 Å². The first-order valence-corrected chi connectivity index (χ1v) is 9.37. The van der Waals surface area contributed by atoms with Crippen molar-refractivity contribution < 1.29 is 19.1 Å². The van der Waals surface area contributed by atoms with Crippen LogP contribution in [0.2, 0.25) is 0 Å². The summed E-state index contributed by atoms with van der Waals surface area (Å²) in [5.74, 6) is -0.448. The van der Waals surface area contributed by atoms with E-state index < -0.39 is 5.97 Å². The van der Waals surface area contributed by atoms with Crippen LogP contribution in [-0.2, 0) is 9.53 Å². The fourth-order valence-electron chi connectivity index (χ4n) is 2.90. The average molecular weight is 381 g/mol. The number of ether oxygens (including phenoxy) is 2. The molecule has 1 aliphatic carbocycles. The fourth-order valence-corrected chi connectivity index (χ4v) is 2.90. The minimum Gasteiger partial charge on any atom is -0.452 e. The molecular weight excluding hydrogens is 358 g/mol. The van der Waals surface area contributed by atoms with E-state index in [4.69, 9.17) is 9.47 Å². The van der Waals surface area contributed by atoms with Gasteiger partial charge in [-0.1, -0.05) is 11.6 Å². The molecule has 0 saturated carbocycles. The molecule has 0 fully saturated rings. The number of esters is 1. The number of pyridine rings is 2. The van der Waals surface area contributed by atoms with Gasteiger partial charge in [0, 0.05) is 18.9 Å². The van der Waals surface area contributed by atoms with Gasteiger partial charge in [0.05, 0.1) is 6.20 Å². The number of allylic oxidation sites excluding steroid dienone is 1. The summed E-state index contributed by atoms with van der Waals surface area (Å²) in [4.78, 5) is 32.3. The van der Waals surface area contributed by atoms with Crippen molar-refractivity contribution in [2.45, 2.75) is 32.1 Å². The van der Waals surface area contributed by atoms with Gasteiger partial charge in [-0.05, 0) is 56.4 Å². The van der Waals surface area contributed by atoms with Gasteiger partial charge in [0.1, 0.15) is 11.3 Å². The van der Waals surface area contributed by atoms with Crippen LogP contribution in [0.3, 0.4) is 0 Å². The molecule has 28 heavy (non-hydrogen) atoms. The molecule has 0 atom stereocenters. The Hall–Kier alpha value is -3.22. The lowest BCUT2D eigenvalue weighted by atomic mass is 9.97. The Kier molecular flexibility index (Phi) is 7.12. The van der Waals surface area contributed by atoms with Crippen molar-refractivity contribution >= 4 is 11.9 Å². The lowest BCUT2D eigenvalue weighted by Crippen LogP contribution is -2.30. The van der Waals surface area contributed by atoms with E-state index in [2.05, 4.69) is 21.4 Å². The molecule has 2 aromatic rings. The van der Waals surface area contributed by atoms with Crippen LogP contribution < -0.4 is 10.1 Å². The molecule has 1 amide bonds. The third kappa shape index (κ3) is 5.90. The Morgan fingerprint density at radius 2 is 2.04 bits per heavy atom. The highest BCUT2D eigenvalue weighted by Gasteiger charge is 2.17. The van der Waals surface area contributed by atoms with Gasteiger partial charge in [0.25, 0.3) is 5.91 Å². The second-order valence-corrected chi connectivity index (χ2v) is 6.43. The van der Waals surface area contributed by atoms with E-state index in [0.717, 1.165) is 19.3 Å². The summed E-state index contributed by atoms with van der Waals surface area (Å²) in [5, 5.41) is 2.78. The number of hydrogen-bond acceptors (Lipinski definition) is 6. The maximum Gasteiger partial charge on any atom is 0.344 e. The average Bonchev–Trinajstić information content (AvgIpc) is 2.74. The first kappa shape index (κ1) is 19.5. The standard InChI is InChI=1S/C21H23N3O4/c25-19(23-13-10-16-6-2-1-3-7-16)15-27-21(26)18-9-5-12-24-20(18)28-17-8-4-11-22-14-17/h4-6,8-9,11-12,14H,1-3,7,10,13,15H2,(H,23,25). The van der Waals surface area contributed by atoms with Crippen LogP contribution in [0, 0.1) is 0 Å². The number of amides is 1. The molecule has 7 nitrogen and oxygen atoms in total. The number of carbonyl (C=O) groups is 2. The lowest BCUT2D eigenvalue weighted by molar-refractivity contribution is -0.124. The van der Waals surface area contributed by atoms with Crippen molar-refractivity contribution in [3.63, 3.8) is 0 Å². The Bertz CT molecular complexity index is 837. The summed E-state index contributed by atoms with van der Waals surface area (Å²) in [7, 11) is 0. The summed E-state index contributed by atoms with van der Waals surface area (Å²) in [6, 6.07) is 6.55. The van der Waals surface area contributed by atoms with Crippen molar-refractivity contribution in [1.29, 1.82) is 0 Å². The molecule has 7 heteroatoms. The number of carbonyl (C=O) groups excluding carboxylic acids is 2. The number of hydrogen-bond donors (Lipinski definition) is 1. The van der Waals surface area contributed by atoms with E-state index in [-0.39, 0.29) is 24.0 Å². The third-order valence-electron chi connectivity index (χ3n) is 4.33. The van der Waals surface area contributed by atoms with Gasteiger partial charge in [0.15, 0.2) is 6.61 Å². The molecule has 0 saturated heterocycles. The van der Waals surface area contributed by atoms with Gasteiger partial charge in [-0.15, -0.1) is 0 Å². The zero-order chi connectivity index (χ0) is 19.6. The van der Waals surface area contributed by atoms with Crippen molar-refractivity contribution in [2.24, 2.45) is 0 Å². The topological polar surface area (TPSA) is 90.4 Å². The van der Waals surface area contributed by atoms with Crippen molar-refractivity contribution in [3.05, 3.63) is 60.1 Å². The largest absolute Gasteiger partial charge is 0.452 e. The molecule has 146 valence electrons. The van der Waals surface area contributed by atoms with E-state index in [1.807, 2.05) is 0 Å². The molecular formula is C21H23N3O4. The van der Waals surface area contributed by atoms with Crippen molar-refractivity contribution in [2.75, 3.05) is 13.2 Å². The third-order valence-corrected chi connectivity index (χ3v) is 4.33. The van der Waals surface area contributed by atoms with Crippen LogP contribution in [-0.4, -0.2) is 35.0 Å². The van der Waals surface area contributed by atoms with E-state index in [0.29, 0.717) is 12.3 Å². The number of nitrogens with zero attached hydrogens (tertiary/aromatic N) is 2. The van der Waals surface area contributed by atoms with Crippen LogP contribution in [0.25, 0.3) is 0 Å². The zero-order valence-electron chi connectivity index (χ0n) is 15.6. The van der Waals surface area contributed by atoms with Crippen LogP contribution >= 0.6 is 0 Å². The highest BCUT2D eigenvalue weighted by molar-refractivity contribution is 5.93. The molecule has 0 radical (unpaired) electrons. The van der Waals surface area contributed by atoms with Gasteiger partial charge >= 0.3 is 5.97 Å². The Morgan fingerprint density at radius 1 is 1.14 bits per heavy atom. The fraction of sp³-hybridized carbons (Fsp3) is 0.333. The molecule has 0 unspecified atom stereocenters. The lowest BCUT2D eigenvalue weighted by Gasteiger charge is -2.13. The molecule has 3 rings (SSSR count). The van der Waals surface area contributed by atoms with Crippen LogP contribution in [0.1, 0.15) is 42.5 Å². The quantitative estimate of drug-likeness (QED) is 0.556. The van der Waals surface area contributed by atoms with E-state index >= 15 is 0 Å².